The van der Waals surface area contributed by atoms with Gasteiger partial charge in [0, 0.05) is 55.6 Å². The van der Waals surface area contributed by atoms with Gasteiger partial charge < -0.3 is 19.7 Å². The summed E-state index contributed by atoms with van der Waals surface area (Å²) in [7, 11) is 0. The van der Waals surface area contributed by atoms with Gasteiger partial charge in [0.25, 0.3) is 5.91 Å². The van der Waals surface area contributed by atoms with E-state index in [1.54, 1.807) is 6.07 Å². The molecule has 178 valence electrons. The Hall–Kier alpha value is -3.33. The second kappa shape index (κ2) is 8.79. The zero-order valence-corrected chi connectivity index (χ0v) is 18.8. The summed E-state index contributed by atoms with van der Waals surface area (Å²) in [5.74, 6) is -3.41. The third kappa shape index (κ3) is 4.16. The van der Waals surface area contributed by atoms with Crippen molar-refractivity contribution in [3.05, 3.63) is 69.8 Å². The predicted molar refractivity (Wildman–Crippen MR) is 125 cm³/mol. The minimum atomic E-state index is -1.11. The zero-order chi connectivity index (χ0) is 24.0. The summed E-state index contributed by atoms with van der Waals surface area (Å²) >= 11 is 0. The Morgan fingerprint density at radius 1 is 1.00 bits per heavy atom. The highest BCUT2D eigenvalue weighted by atomic mass is 19.2. The number of nitrogens with one attached hydrogen (secondary N) is 1. The van der Waals surface area contributed by atoms with Crippen LogP contribution in [-0.2, 0) is 0 Å². The number of pyridine rings is 1. The van der Waals surface area contributed by atoms with E-state index < -0.39 is 28.8 Å². The Morgan fingerprint density at radius 3 is 2.38 bits per heavy atom. The molecule has 0 bridgehead atoms. The van der Waals surface area contributed by atoms with Crippen molar-refractivity contribution in [2.45, 2.75) is 25.8 Å². The molecular formula is C25H25F3N4O2. The number of aromatic nitrogens is 1. The van der Waals surface area contributed by atoms with E-state index in [2.05, 4.69) is 17.1 Å². The molecule has 3 aromatic rings. The van der Waals surface area contributed by atoms with Crippen molar-refractivity contribution in [3.8, 4) is 0 Å². The Balaban J connectivity index is 1.54. The fourth-order valence-corrected chi connectivity index (χ4v) is 4.49. The van der Waals surface area contributed by atoms with Crippen LogP contribution in [0.4, 0.5) is 24.5 Å². The molecule has 0 unspecified atom stereocenters. The standard InChI is InChI=1S/C25H25F3N4O2/c1-2-30-7-9-31(10-8-30)23-13-22-17(12-21(23)28)24(33)18(14-32(22)16-4-5-16)25(34)29-15-3-6-19(26)20(27)11-15/h3,6,11-14,16H,2,4-5,7-10H2,1H3,(H,29,34). The molecule has 1 saturated heterocycles. The number of halogens is 3. The van der Waals surface area contributed by atoms with E-state index in [4.69, 9.17) is 0 Å². The number of carbonyl (C=O) groups is 1. The van der Waals surface area contributed by atoms with Crippen LogP contribution < -0.4 is 15.6 Å². The largest absolute Gasteiger partial charge is 0.367 e. The summed E-state index contributed by atoms with van der Waals surface area (Å²) in [5, 5.41) is 2.56. The smallest absolute Gasteiger partial charge is 0.261 e. The number of rotatable bonds is 5. The summed E-state index contributed by atoms with van der Waals surface area (Å²) in [6, 6.07) is 5.99. The van der Waals surface area contributed by atoms with Gasteiger partial charge in [0.15, 0.2) is 11.6 Å². The minimum absolute atomic E-state index is 0.0223. The minimum Gasteiger partial charge on any atom is -0.367 e. The Kier molecular flexibility index (Phi) is 5.81. The Morgan fingerprint density at radius 2 is 1.74 bits per heavy atom. The number of amides is 1. The van der Waals surface area contributed by atoms with Gasteiger partial charge in [-0.15, -0.1) is 0 Å². The molecule has 6 nitrogen and oxygen atoms in total. The van der Waals surface area contributed by atoms with Crippen molar-refractivity contribution in [1.29, 1.82) is 0 Å². The number of fused-ring (bicyclic) bond motifs is 1. The molecule has 9 heteroatoms. The quantitative estimate of drug-likeness (QED) is 0.609. The van der Waals surface area contributed by atoms with Crippen LogP contribution in [0.15, 0.2) is 41.3 Å². The molecule has 2 fully saturated rings. The van der Waals surface area contributed by atoms with E-state index in [0.29, 0.717) is 24.3 Å². The summed E-state index contributed by atoms with van der Waals surface area (Å²) in [6.45, 7) is 6.11. The molecule has 0 atom stereocenters. The summed E-state index contributed by atoms with van der Waals surface area (Å²) in [6.07, 6.45) is 3.28. The SMILES string of the molecule is CCN1CCN(c2cc3c(cc2F)c(=O)c(C(=O)Nc2ccc(F)c(F)c2)cn3C2CC2)CC1. The third-order valence-electron chi connectivity index (χ3n) is 6.62. The molecule has 0 spiro atoms. The van der Waals surface area contributed by atoms with E-state index in [1.807, 2.05) is 9.47 Å². The first kappa shape index (κ1) is 22.5. The number of likely N-dealkylation sites (N-methyl/N-ethyl adjacent to an activating group) is 1. The molecular weight excluding hydrogens is 445 g/mol. The highest BCUT2D eigenvalue weighted by Gasteiger charge is 2.28. The van der Waals surface area contributed by atoms with Gasteiger partial charge in [0.2, 0.25) is 5.43 Å². The average Bonchev–Trinajstić information content (AvgIpc) is 3.67. The van der Waals surface area contributed by atoms with Crippen LogP contribution in [0.5, 0.6) is 0 Å². The Labute approximate surface area is 194 Å². The second-order valence-corrected chi connectivity index (χ2v) is 8.84. The number of hydrogen-bond acceptors (Lipinski definition) is 4. The van der Waals surface area contributed by atoms with Crippen LogP contribution in [0.2, 0.25) is 0 Å². The number of anilines is 2. The van der Waals surface area contributed by atoms with Crippen molar-refractivity contribution in [2.24, 2.45) is 0 Å². The van der Waals surface area contributed by atoms with Crippen LogP contribution >= 0.6 is 0 Å². The van der Waals surface area contributed by atoms with Gasteiger partial charge in [-0.3, -0.25) is 9.59 Å². The molecule has 2 aliphatic rings. The number of carbonyl (C=O) groups excluding carboxylic acids is 1. The summed E-state index contributed by atoms with van der Waals surface area (Å²) in [5.41, 5.74) is 0.289. The molecule has 1 amide bonds. The predicted octanol–water partition coefficient (Wildman–Crippen LogP) is 4.15. The molecule has 34 heavy (non-hydrogen) atoms. The first-order chi connectivity index (χ1) is 16.4. The van der Waals surface area contributed by atoms with Crippen molar-refractivity contribution in [2.75, 3.05) is 42.9 Å². The molecule has 1 N–H and O–H groups in total. The Bertz CT molecular complexity index is 1330. The average molecular weight is 470 g/mol. The van der Waals surface area contributed by atoms with E-state index in [0.717, 1.165) is 44.6 Å². The van der Waals surface area contributed by atoms with Crippen molar-refractivity contribution < 1.29 is 18.0 Å². The normalized spacial score (nSPS) is 16.8. The van der Waals surface area contributed by atoms with Crippen molar-refractivity contribution >= 4 is 28.2 Å². The van der Waals surface area contributed by atoms with Gasteiger partial charge in [0.1, 0.15) is 11.4 Å². The number of hydrogen-bond donors (Lipinski definition) is 1. The van der Waals surface area contributed by atoms with Gasteiger partial charge in [-0.2, -0.15) is 0 Å². The maximum absolute atomic E-state index is 15.2. The lowest BCUT2D eigenvalue weighted by molar-refractivity contribution is 0.102. The number of benzene rings is 2. The maximum atomic E-state index is 15.2. The van der Waals surface area contributed by atoms with E-state index >= 15 is 4.39 Å². The van der Waals surface area contributed by atoms with Crippen molar-refractivity contribution in [1.82, 2.24) is 9.47 Å². The first-order valence-corrected chi connectivity index (χ1v) is 11.5. The molecule has 1 aliphatic heterocycles. The van der Waals surface area contributed by atoms with E-state index in [9.17, 15) is 18.4 Å². The van der Waals surface area contributed by atoms with Gasteiger partial charge in [-0.1, -0.05) is 6.92 Å². The topological polar surface area (TPSA) is 57.6 Å². The van der Waals surface area contributed by atoms with Crippen LogP contribution in [0.3, 0.4) is 0 Å². The number of nitrogens with zero attached hydrogens (tertiary/aromatic N) is 3. The monoisotopic (exact) mass is 470 g/mol. The first-order valence-electron chi connectivity index (χ1n) is 11.5. The van der Waals surface area contributed by atoms with E-state index in [1.165, 1.54) is 18.3 Å². The van der Waals surface area contributed by atoms with Gasteiger partial charge in [-0.05, 0) is 43.7 Å². The lowest BCUT2D eigenvalue weighted by Gasteiger charge is -2.35. The maximum Gasteiger partial charge on any atom is 0.261 e. The van der Waals surface area contributed by atoms with Crippen LogP contribution in [0, 0.1) is 17.5 Å². The van der Waals surface area contributed by atoms with Crippen LogP contribution in [0.25, 0.3) is 10.9 Å². The van der Waals surface area contributed by atoms with Crippen molar-refractivity contribution in [3.63, 3.8) is 0 Å². The van der Waals surface area contributed by atoms with Gasteiger partial charge in [-0.25, -0.2) is 13.2 Å². The summed E-state index contributed by atoms with van der Waals surface area (Å²) in [4.78, 5) is 30.4. The highest BCUT2D eigenvalue weighted by molar-refractivity contribution is 6.06. The second-order valence-electron chi connectivity index (χ2n) is 8.84. The molecule has 2 heterocycles. The molecule has 1 aromatic heterocycles. The molecule has 0 radical (unpaired) electrons. The molecule has 5 rings (SSSR count). The molecule has 1 saturated carbocycles. The lowest BCUT2D eigenvalue weighted by Crippen LogP contribution is -2.46. The lowest BCUT2D eigenvalue weighted by atomic mass is 10.1. The zero-order valence-electron chi connectivity index (χ0n) is 18.8. The van der Waals surface area contributed by atoms with Gasteiger partial charge >= 0.3 is 0 Å². The highest BCUT2D eigenvalue weighted by Crippen LogP contribution is 2.38. The number of piperazine rings is 1. The third-order valence-corrected chi connectivity index (χ3v) is 6.62. The molecule has 1 aliphatic carbocycles. The van der Waals surface area contributed by atoms with Gasteiger partial charge in [0.05, 0.1) is 11.2 Å². The fraction of sp³-hybridized carbons (Fsp3) is 0.360. The van der Waals surface area contributed by atoms with Crippen LogP contribution in [0.1, 0.15) is 36.2 Å². The van der Waals surface area contributed by atoms with Crippen LogP contribution in [-0.4, -0.2) is 48.1 Å². The molecule has 2 aromatic carbocycles. The summed E-state index contributed by atoms with van der Waals surface area (Å²) < 4.78 is 43.8. The van der Waals surface area contributed by atoms with E-state index in [-0.39, 0.29) is 22.7 Å². The fourth-order valence-electron chi connectivity index (χ4n) is 4.49.